The number of allylic oxidation sites excluding steroid dienone is 2. The Morgan fingerprint density at radius 2 is 1.15 bits per heavy atom. The monoisotopic (exact) mass is 341 g/mol. The fourth-order valence-corrected chi connectivity index (χ4v) is 2.15. The number of hydrogen-bond acceptors (Lipinski definition) is 5. The first-order valence-electron chi connectivity index (χ1n) is 7.96. The van der Waals surface area contributed by atoms with Crippen molar-refractivity contribution >= 4 is 23.7 Å². The molecule has 3 aromatic rings. The van der Waals surface area contributed by atoms with Gasteiger partial charge < -0.3 is 0 Å². The van der Waals surface area contributed by atoms with Crippen molar-refractivity contribution < 1.29 is 9.59 Å². The summed E-state index contributed by atoms with van der Waals surface area (Å²) in [6, 6.07) is 15.6. The van der Waals surface area contributed by atoms with Crippen LogP contribution in [0.1, 0.15) is 32.4 Å². The molecule has 0 aliphatic heterocycles. The average molecular weight is 341 g/mol. The number of ketones is 2. The van der Waals surface area contributed by atoms with E-state index in [4.69, 9.17) is 0 Å². The van der Waals surface area contributed by atoms with Crippen LogP contribution < -0.4 is 0 Å². The Balaban J connectivity index is 1.73. The first-order chi connectivity index (χ1) is 12.7. The van der Waals surface area contributed by atoms with Crippen molar-refractivity contribution in [2.45, 2.75) is 0 Å². The molecule has 5 nitrogen and oxygen atoms in total. The SMILES string of the molecule is O=C(/C=C/c1ccccn1)c1cccc(C(=O)/C=C/c2ccccn2)n1. The van der Waals surface area contributed by atoms with Crippen LogP contribution in [-0.2, 0) is 0 Å². The fraction of sp³-hybridized carbons (Fsp3) is 0. The maximum absolute atomic E-state index is 12.3. The molecule has 3 heterocycles. The van der Waals surface area contributed by atoms with Gasteiger partial charge in [-0.3, -0.25) is 19.6 Å². The summed E-state index contributed by atoms with van der Waals surface area (Å²) >= 11 is 0. The maximum Gasteiger partial charge on any atom is 0.204 e. The third-order valence-corrected chi connectivity index (χ3v) is 3.44. The van der Waals surface area contributed by atoms with E-state index < -0.39 is 0 Å². The highest BCUT2D eigenvalue weighted by molar-refractivity contribution is 6.08. The number of carbonyl (C=O) groups excluding carboxylic acids is 2. The summed E-state index contributed by atoms with van der Waals surface area (Å²) in [5.74, 6) is -0.585. The maximum atomic E-state index is 12.3. The van der Waals surface area contributed by atoms with Crippen LogP contribution in [0.2, 0.25) is 0 Å². The molecule has 0 spiro atoms. The quantitative estimate of drug-likeness (QED) is 0.505. The third-order valence-electron chi connectivity index (χ3n) is 3.44. The lowest BCUT2D eigenvalue weighted by atomic mass is 10.1. The average Bonchev–Trinajstić information content (AvgIpc) is 2.72. The lowest BCUT2D eigenvalue weighted by Gasteiger charge is -1.99. The van der Waals surface area contributed by atoms with Crippen LogP contribution >= 0.6 is 0 Å². The second kappa shape index (κ2) is 8.39. The zero-order valence-corrected chi connectivity index (χ0v) is 13.8. The Kier molecular flexibility index (Phi) is 5.52. The van der Waals surface area contributed by atoms with E-state index in [2.05, 4.69) is 15.0 Å². The second-order valence-electron chi connectivity index (χ2n) is 5.31. The van der Waals surface area contributed by atoms with Crippen molar-refractivity contribution in [1.29, 1.82) is 0 Å². The Hall–Kier alpha value is -3.73. The molecule has 0 unspecified atom stereocenters. The summed E-state index contributed by atoms with van der Waals surface area (Å²) in [5, 5.41) is 0. The van der Waals surface area contributed by atoms with Gasteiger partial charge in [-0.05, 0) is 60.7 Å². The number of rotatable bonds is 6. The highest BCUT2D eigenvalue weighted by Gasteiger charge is 2.09. The van der Waals surface area contributed by atoms with E-state index in [9.17, 15) is 9.59 Å². The zero-order valence-electron chi connectivity index (χ0n) is 13.8. The van der Waals surface area contributed by atoms with Crippen LogP contribution in [0, 0.1) is 0 Å². The van der Waals surface area contributed by atoms with Gasteiger partial charge in [0.1, 0.15) is 11.4 Å². The minimum Gasteiger partial charge on any atom is -0.288 e. The minimum absolute atomic E-state index is 0.203. The van der Waals surface area contributed by atoms with E-state index in [1.807, 2.05) is 12.1 Å². The summed E-state index contributed by atoms with van der Waals surface area (Å²) in [4.78, 5) is 36.9. The molecule has 0 radical (unpaired) electrons. The first kappa shape index (κ1) is 17.1. The number of carbonyl (C=O) groups is 2. The van der Waals surface area contributed by atoms with Gasteiger partial charge in [0.05, 0.1) is 11.4 Å². The molecule has 3 rings (SSSR count). The van der Waals surface area contributed by atoms with Gasteiger partial charge in [-0.25, -0.2) is 4.98 Å². The van der Waals surface area contributed by atoms with E-state index in [-0.39, 0.29) is 23.0 Å². The van der Waals surface area contributed by atoms with Gasteiger partial charge >= 0.3 is 0 Å². The fourth-order valence-electron chi connectivity index (χ4n) is 2.15. The van der Waals surface area contributed by atoms with Crippen LogP contribution in [0.4, 0.5) is 0 Å². The lowest BCUT2D eigenvalue weighted by Crippen LogP contribution is -2.05. The molecular weight excluding hydrogens is 326 g/mol. The van der Waals surface area contributed by atoms with E-state index in [0.29, 0.717) is 11.4 Å². The van der Waals surface area contributed by atoms with Gasteiger partial charge in [0.15, 0.2) is 0 Å². The topological polar surface area (TPSA) is 72.8 Å². The van der Waals surface area contributed by atoms with Crippen LogP contribution in [0.3, 0.4) is 0 Å². The predicted molar refractivity (Wildman–Crippen MR) is 99.4 cm³/mol. The molecule has 0 amide bonds. The highest BCUT2D eigenvalue weighted by atomic mass is 16.1. The van der Waals surface area contributed by atoms with Crippen LogP contribution in [-0.4, -0.2) is 26.5 Å². The minimum atomic E-state index is -0.293. The van der Waals surface area contributed by atoms with Crippen molar-refractivity contribution in [3.63, 3.8) is 0 Å². The zero-order chi connectivity index (χ0) is 18.2. The number of pyridine rings is 3. The normalized spacial score (nSPS) is 11.1. The van der Waals surface area contributed by atoms with Crippen molar-refractivity contribution in [1.82, 2.24) is 15.0 Å². The Morgan fingerprint density at radius 1 is 0.654 bits per heavy atom. The molecule has 0 aliphatic carbocycles. The van der Waals surface area contributed by atoms with Gasteiger partial charge in [-0.1, -0.05) is 18.2 Å². The van der Waals surface area contributed by atoms with E-state index in [1.54, 1.807) is 67.0 Å². The Labute approximate surface area is 150 Å². The van der Waals surface area contributed by atoms with E-state index in [1.165, 1.54) is 12.2 Å². The van der Waals surface area contributed by atoms with Gasteiger partial charge in [-0.15, -0.1) is 0 Å². The predicted octanol–water partition coefficient (Wildman–Crippen LogP) is 3.66. The number of hydrogen-bond donors (Lipinski definition) is 0. The molecule has 0 aliphatic rings. The Bertz CT molecular complexity index is 888. The first-order valence-corrected chi connectivity index (χ1v) is 7.96. The molecule has 0 bridgehead atoms. The van der Waals surface area contributed by atoms with Gasteiger partial charge in [0.25, 0.3) is 0 Å². The van der Waals surface area contributed by atoms with Crippen molar-refractivity contribution in [3.8, 4) is 0 Å². The van der Waals surface area contributed by atoms with Crippen LogP contribution in [0.25, 0.3) is 12.2 Å². The summed E-state index contributed by atoms with van der Waals surface area (Å²) in [5.41, 5.74) is 1.75. The molecule has 3 aromatic heterocycles. The molecule has 26 heavy (non-hydrogen) atoms. The number of nitrogens with zero attached hydrogens (tertiary/aromatic N) is 3. The summed E-state index contributed by atoms with van der Waals surface area (Å²) in [6.07, 6.45) is 9.30. The molecule has 0 saturated carbocycles. The highest BCUT2D eigenvalue weighted by Crippen LogP contribution is 2.06. The Morgan fingerprint density at radius 3 is 1.58 bits per heavy atom. The molecule has 0 fully saturated rings. The smallest absolute Gasteiger partial charge is 0.204 e. The van der Waals surface area contributed by atoms with Crippen LogP contribution in [0.5, 0.6) is 0 Å². The molecule has 0 N–H and O–H groups in total. The van der Waals surface area contributed by atoms with Crippen molar-refractivity contribution in [3.05, 3.63) is 102 Å². The molecule has 5 heteroatoms. The van der Waals surface area contributed by atoms with E-state index >= 15 is 0 Å². The molecule has 0 atom stereocenters. The molecule has 126 valence electrons. The third kappa shape index (κ3) is 4.64. The van der Waals surface area contributed by atoms with Gasteiger partial charge in [-0.2, -0.15) is 0 Å². The molecule has 0 saturated heterocycles. The van der Waals surface area contributed by atoms with Crippen molar-refractivity contribution in [2.24, 2.45) is 0 Å². The summed E-state index contributed by atoms with van der Waals surface area (Å²) < 4.78 is 0. The second-order valence-corrected chi connectivity index (χ2v) is 5.31. The number of aromatic nitrogens is 3. The van der Waals surface area contributed by atoms with E-state index in [0.717, 1.165) is 0 Å². The summed E-state index contributed by atoms with van der Waals surface area (Å²) in [7, 11) is 0. The summed E-state index contributed by atoms with van der Waals surface area (Å²) in [6.45, 7) is 0. The van der Waals surface area contributed by atoms with Crippen molar-refractivity contribution in [2.75, 3.05) is 0 Å². The van der Waals surface area contributed by atoms with Gasteiger partial charge in [0, 0.05) is 12.4 Å². The largest absolute Gasteiger partial charge is 0.288 e. The lowest BCUT2D eigenvalue weighted by molar-refractivity contribution is 0.104. The van der Waals surface area contributed by atoms with Crippen LogP contribution in [0.15, 0.2) is 79.1 Å². The standard InChI is InChI=1S/C21H15N3O2/c25-20(12-10-16-6-1-3-14-22-16)18-8-5-9-19(24-18)21(26)13-11-17-7-2-4-15-23-17/h1-15H/b12-10+,13-11+. The molecular formula is C21H15N3O2. The van der Waals surface area contributed by atoms with Gasteiger partial charge in [0.2, 0.25) is 11.6 Å². The molecule has 0 aromatic carbocycles.